The third-order valence-electron chi connectivity index (χ3n) is 2.82. The first-order valence-corrected chi connectivity index (χ1v) is 7.19. The fourth-order valence-corrected chi connectivity index (χ4v) is 1.36. The van der Waals surface area contributed by atoms with E-state index < -0.39 is 0 Å². The van der Waals surface area contributed by atoms with Gasteiger partial charge in [-0.05, 0) is 31.9 Å². The molecule has 0 bridgehead atoms. The van der Waals surface area contributed by atoms with Crippen LogP contribution < -0.4 is 0 Å². The molecule has 0 radical (unpaired) electrons. The molecule has 1 aliphatic rings. The van der Waals surface area contributed by atoms with Crippen molar-refractivity contribution in [2.45, 2.75) is 33.6 Å². The normalized spacial score (nSPS) is 12.6. The first kappa shape index (κ1) is 15.8. The molecule has 1 saturated carbocycles. The minimum Gasteiger partial charge on any atom is -0.0843 e. The second kappa shape index (κ2) is 8.77. The standard InChI is InChI=1S/C7H7Cl.C7H8.C4H8/c1-6-2-4-7(8)5-3-6;1-7-5-3-2-4-6-7;1-4-2-3-4/h2-5H,1H3;2-6H,1H3;4H,2-3H2,1H3. The van der Waals surface area contributed by atoms with Crippen LogP contribution in [0.2, 0.25) is 5.02 Å². The molecule has 19 heavy (non-hydrogen) atoms. The Hall–Kier alpha value is -1.27. The lowest BCUT2D eigenvalue weighted by Crippen LogP contribution is -1.66. The number of rotatable bonds is 0. The van der Waals surface area contributed by atoms with Gasteiger partial charge in [0.05, 0.1) is 0 Å². The average Bonchev–Trinajstić information content (AvgIpc) is 3.18. The van der Waals surface area contributed by atoms with Crippen LogP contribution in [0.5, 0.6) is 0 Å². The largest absolute Gasteiger partial charge is 0.0843 e. The summed E-state index contributed by atoms with van der Waals surface area (Å²) in [4.78, 5) is 0. The Labute approximate surface area is 122 Å². The number of aryl methyl sites for hydroxylation is 2. The first-order valence-electron chi connectivity index (χ1n) is 6.81. The number of benzene rings is 2. The van der Waals surface area contributed by atoms with Gasteiger partial charge < -0.3 is 0 Å². The van der Waals surface area contributed by atoms with E-state index in [1.807, 2.05) is 49.4 Å². The van der Waals surface area contributed by atoms with Gasteiger partial charge in [0, 0.05) is 5.02 Å². The minimum absolute atomic E-state index is 0.801. The molecular weight excluding hydrogens is 252 g/mol. The fraction of sp³-hybridized carbons (Fsp3) is 0.333. The molecule has 0 atom stereocenters. The van der Waals surface area contributed by atoms with Crippen molar-refractivity contribution in [1.29, 1.82) is 0 Å². The summed E-state index contributed by atoms with van der Waals surface area (Å²) in [5.74, 6) is 1.08. The molecule has 0 aromatic heterocycles. The number of hydrogen-bond acceptors (Lipinski definition) is 0. The van der Waals surface area contributed by atoms with Crippen LogP contribution in [0.25, 0.3) is 0 Å². The zero-order valence-electron chi connectivity index (χ0n) is 12.1. The monoisotopic (exact) mass is 274 g/mol. The average molecular weight is 275 g/mol. The van der Waals surface area contributed by atoms with Gasteiger partial charge in [-0.2, -0.15) is 0 Å². The van der Waals surface area contributed by atoms with Gasteiger partial charge in [0.2, 0.25) is 0 Å². The van der Waals surface area contributed by atoms with Gasteiger partial charge >= 0.3 is 0 Å². The maximum atomic E-state index is 5.61. The Morgan fingerprint density at radius 1 is 0.789 bits per heavy atom. The summed E-state index contributed by atoms with van der Waals surface area (Å²) < 4.78 is 0. The highest BCUT2D eigenvalue weighted by Crippen LogP contribution is 2.26. The zero-order valence-corrected chi connectivity index (χ0v) is 12.8. The van der Waals surface area contributed by atoms with Gasteiger partial charge in [-0.15, -0.1) is 0 Å². The third kappa shape index (κ3) is 9.32. The second-order valence-corrected chi connectivity index (χ2v) is 5.57. The predicted octanol–water partition coefficient (Wildman–Crippen LogP) is 6.06. The highest BCUT2D eigenvalue weighted by Gasteiger charge is 2.12. The molecule has 0 aliphatic heterocycles. The SMILES string of the molecule is CC1CC1.Cc1ccc(Cl)cc1.Cc1ccccc1. The van der Waals surface area contributed by atoms with Crippen molar-refractivity contribution in [3.63, 3.8) is 0 Å². The number of halogens is 1. The molecular formula is C18H23Cl. The van der Waals surface area contributed by atoms with Gasteiger partial charge in [-0.1, -0.05) is 85.0 Å². The second-order valence-electron chi connectivity index (χ2n) is 5.13. The van der Waals surface area contributed by atoms with Crippen LogP contribution in [0.3, 0.4) is 0 Å². The lowest BCUT2D eigenvalue weighted by molar-refractivity contribution is 0.983. The van der Waals surface area contributed by atoms with Gasteiger partial charge in [0.1, 0.15) is 0 Å². The molecule has 102 valence electrons. The molecule has 1 aliphatic carbocycles. The van der Waals surface area contributed by atoms with Crippen molar-refractivity contribution in [3.8, 4) is 0 Å². The van der Waals surface area contributed by atoms with Crippen LogP contribution in [0.4, 0.5) is 0 Å². The Morgan fingerprint density at radius 2 is 1.21 bits per heavy atom. The molecule has 0 spiro atoms. The highest BCUT2D eigenvalue weighted by molar-refractivity contribution is 6.30. The Bertz CT molecular complexity index is 420. The van der Waals surface area contributed by atoms with E-state index in [1.54, 1.807) is 0 Å². The Morgan fingerprint density at radius 3 is 1.47 bits per heavy atom. The molecule has 1 fully saturated rings. The first-order chi connectivity index (χ1) is 9.08. The minimum atomic E-state index is 0.801. The van der Waals surface area contributed by atoms with Gasteiger partial charge in [0.15, 0.2) is 0 Å². The lowest BCUT2D eigenvalue weighted by Gasteiger charge is -1.88. The van der Waals surface area contributed by atoms with Gasteiger partial charge in [-0.3, -0.25) is 0 Å². The fourth-order valence-electron chi connectivity index (χ4n) is 1.23. The molecule has 3 rings (SSSR count). The van der Waals surface area contributed by atoms with E-state index in [2.05, 4.69) is 26.0 Å². The van der Waals surface area contributed by atoms with E-state index in [-0.39, 0.29) is 0 Å². The molecule has 0 heterocycles. The smallest absolute Gasteiger partial charge is 0.0406 e. The maximum Gasteiger partial charge on any atom is 0.0406 e. The van der Waals surface area contributed by atoms with Gasteiger partial charge in [-0.25, -0.2) is 0 Å². The predicted molar refractivity (Wildman–Crippen MR) is 85.8 cm³/mol. The van der Waals surface area contributed by atoms with Crippen molar-refractivity contribution in [3.05, 3.63) is 70.7 Å². The van der Waals surface area contributed by atoms with Crippen molar-refractivity contribution >= 4 is 11.6 Å². The zero-order chi connectivity index (χ0) is 14.1. The van der Waals surface area contributed by atoms with Crippen LogP contribution in [-0.2, 0) is 0 Å². The van der Waals surface area contributed by atoms with E-state index >= 15 is 0 Å². The van der Waals surface area contributed by atoms with Crippen LogP contribution >= 0.6 is 11.6 Å². The van der Waals surface area contributed by atoms with E-state index in [0.717, 1.165) is 10.9 Å². The van der Waals surface area contributed by atoms with E-state index in [9.17, 15) is 0 Å². The molecule has 0 saturated heterocycles. The summed E-state index contributed by atoms with van der Waals surface area (Å²) in [6.07, 6.45) is 2.97. The summed E-state index contributed by atoms with van der Waals surface area (Å²) in [6, 6.07) is 18.0. The molecule has 0 unspecified atom stereocenters. The van der Waals surface area contributed by atoms with Crippen molar-refractivity contribution < 1.29 is 0 Å². The van der Waals surface area contributed by atoms with E-state index in [4.69, 9.17) is 11.6 Å². The van der Waals surface area contributed by atoms with Crippen LogP contribution in [0, 0.1) is 19.8 Å². The molecule has 0 nitrogen and oxygen atoms in total. The summed E-state index contributed by atoms with van der Waals surface area (Å²) >= 11 is 5.61. The van der Waals surface area contributed by atoms with Crippen LogP contribution in [-0.4, -0.2) is 0 Å². The topological polar surface area (TPSA) is 0 Å². The lowest BCUT2D eigenvalue weighted by atomic mass is 10.2. The van der Waals surface area contributed by atoms with Crippen molar-refractivity contribution in [2.24, 2.45) is 5.92 Å². The van der Waals surface area contributed by atoms with E-state index in [1.165, 1.54) is 24.0 Å². The molecule has 1 heteroatoms. The van der Waals surface area contributed by atoms with Crippen LogP contribution in [0.15, 0.2) is 54.6 Å². The Kier molecular flexibility index (Phi) is 7.28. The molecule has 0 N–H and O–H groups in total. The van der Waals surface area contributed by atoms with Gasteiger partial charge in [0.25, 0.3) is 0 Å². The summed E-state index contributed by atoms with van der Waals surface area (Å²) in [7, 11) is 0. The highest BCUT2D eigenvalue weighted by atomic mass is 35.5. The maximum absolute atomic E-state index is 5.61. The quantitative estimate of drug-likeness (QED) is 0.548. The molecule has 0 amide bonds. The van der Waals surface area contributed by atoms with E-state index in [0.29, 0.717) is 0 Å². The number of hydrogen-bond donors (Lipinski definition) is 0. The summed E-state index contributed by atoms with van der Waals surface area (Å²) in [5.41, 5.74) is 2.57. The Balaban J connectivity index is 0.000000150. The third-order valence-corrected chi connectivity index (χ3v) is 3.07. The molecule has 2 aromatic rings. The summed E-state index contributed by atoms with van der Waals surface area (Å²) in [5, 5.41) is 0.801. The van der Waals surface area contributed by atoms with Crippen LogP contribution in [0.1, 0.15) is 30.9 Å². The molecule has 2 aromatic carbocycles. The van der Waals surface area contributed by atoms with Crippen molar-refractivity contribution in [2.75, 3.05) is 0 Å². The summed E-state index contributed by atoms with van der Waals surface area (Å²) in [6.45, 7) is 6.40. The van der Waals surface area contributed by atoms with Crippen molar-refractivity contribution in [1.82, 2.24) is 0 Å².